The van der Waals surface area contributed by atoms with E-state index in [1.54, 1.807) is 93.2 Å². The Morgan fingerprint density at radius 3 is 2.02 bits per heavy atom. The zero-order chi connectivity index (χ0) is 36.3. The zero-order valence-corrected chi connectivity index (χ0v) is 28.4. The van der Waals surface area contributed by atoms with Gasteiger partial charge in [0, 0.05) is 24.7 Å². The van der Waals surface area contributed by atoms with Gasteiger partial charge in [0.2, 0.25) is 5.95 Å². The van der Waals surface area contributed by atoms with Gasteiger partial charge >= 0.3 is 11.9 Å². The highest BCUT2D eigenvalue weighted by molar-refractivity contribution is 5.97. The molecule has 0 bridgehead atoms. The Morgan fingerprint density at radius 2 is 1.41 bits per heavy atom. The van der Waals surface area contributed by atoms with Crippen LogP contribution in [0.5, 0.6) is 11.5 Å². The molecule has 1 amide bonds. The minimum atomic E-state index is -1.12. The summed E-state index contributed by atoms with van der Waals surface area (Å²) in [7, 11) is 4.98. The summed E-state index contributed by atoms with van der Waals surface area (Å²) in [6.07, 6.45) is 1.41. The van der Waals surface area contributed by atoms with Crippen molar-refractivity contribution >= 4 is 46.5 Å². The molecule has 2 aromatic heterocycles. The summed E-state index contributed by atoms with van der Waals surface area (Å²) in [6.45, 7) is 0.385. The van der Waals surface area contributed by atoms with Crippen LogP contribution in [0.15, 0.2) is 79.0 Å². The number of fused-ring (bicyclic) bond motifs is 1. The molecule has 0 aliphatic heterocycles. The highest BCUT2D eigenvalue weighted by atomic mass is 16.5. The van der Waals surface area contributed by atoms with E-state index in [2.05, 4.69) is 25.3 Å². The molecule has 15 heteroatoms. The molecule has 15 nitrogen and oxygen atoms in total. The molecule has 0 aliphatic rings. The van der Waals surface area contributed by atoms with Gasteiger partial charge in [-0.3, -0.25) is 9.59 Å². The van der Waals surface area contributed by atoms with Crippen LogP contribution in [0.25, 0.3) is 11.2 Å². The molecule has 3 aromatic carbocycles. The van der Waals surface area contributed by atoms with E-state index in [1.165, 1.54) is 0 Å². The molecule has 0 unspecified atom stereocenters. The van der Waals surface area contributed by atoms with Crippen molar-refractivity contribution in [1.29, 1.82) is 0 Å². The Morgan fingerprint density at radius 1 is 0.804 bits per heavy atom. The van der Waals surface area contributed by atoms with Gasteiger partial charge < -0.3 is 40.6 Å². The Kier molecular flexibility index (Phi) is 11.7. The van der Waals surface area contributed by atoms with Crippen molar-refractivity contribution in [3.8, 4) is 11.5 Å². The van der Waals surface area contributed by atoms with E-state index in [0.29, 0.717) is 40.5 Å². The number of nitrogens with one attached hydrogen (secondary N) is 1. The van der Waals surface area contributed by atoms with Crippen LogP contribution in [0.3, 0.4) is 0 Å². The monoisotopic (exact) mass is 694 g/mol. The second kappa shape index (κ2) is 16.7. The predicted molar refractivity (Wildman–Crippen MR) is 189 cm³/mol. The van der Waals surface area contributed by atoms with Gasteiger partial charge in [-0.05, 0) is 66.1 Å². The summed E-state index contributed by atoms with van der Waals surface area (Å²) in [5, 5.41) is 2.72. The third kappa shape index (κ3) is 9.78. The number of hydrogen-bond donors (Lipinski definition) is 3. The fourth-order valence-electron chi connectivity index (χ4n) is 4.95. The molecule has 0 spiro atoms. The molecule has 51 heavy (non-hydrogen) atoms. The van der Waals surface area contributed by atoms with Gasteiger partial charge in [-0.25, -0.2) is 14.8 Å². The summed E-state index contributed by atoms with van der Waals surface area (Å²) in [4.78, 5) is 57.9. The van der Waals surface area contributed by atoms with Gasteiger partial charge in [-0.1, -0.05) is 24.3 Å². The van der Waals surface area contributed by atoms with E-state index in [4.69, 9.17) is 30.4 Å². The van der Waals surface area contributed by atoms with Crippen molar-refractivity contribution < 1.29 is 33.3 Å². The number of anilines is 3. The van der Waals surface area contributed by atoms with Crippen molar-refractivity contribution in [3.63, 3.8) is 0 Å². The number of aromatic nitrogens is 4. The van der Waals surface area contributed by atoms with Gasteiger partial charge in [-0.15, -0.1) is 0 Å². The maximum Gasteiger partial charge on any atom is 0.328 e. The number of methoxy groups -OCH3 is 2. The fourth-order valence-corrected chi connectivity index (χ4v) is 4.95. The van der Waals surface area contributed by atoms with Crippen molar-refractivity contribution in [3.05, 3.63) is 101 Å². The Bertz CT molecular complexity index is 1970. The number of nitrogens with two attached hydrogens (primary N) is 2. The second-order valence-corrected chi connectivity index (χ2v) is 11.4. The van der Waals surface area contributed by atoms with Gasteiger partial charge in [0.1, 0.15) is 30.8 Å². The number of nitrogen functional groups attached to an aromatic ring is 2. The molecule has 0 radical (unpaired) electrons. The summed E-state index contributed by atoms with van der Waals surface area (Å²) in [6, 6.07) is 19.8. The Labute approximate surface area is 293 Å². The summed E-state index contributed by atoms with van der Waals surface area (Å²) in [5.41, 5.74) is 15.5. The highest BCUT2D eigenvalue weighted by Crippen LogP contribution is 2.20. The summed E-state index contributed by atoms with van der Waals surface area (Å²) < 4.78 is 21.3. The van der Waals surface area contributed by atoms with E-state index in [1.807, 2.05) is 11.9 Å². The first-order valence-electron chi connectivity index (χ1n) is 15.9. The first-order chi connectivity index (χ1) is 24.6. The number of esters is 2. The minimum absolute atomic E-state index is 0.0170. The molecule has 0 aliphatic carbocycles. The number of carbonyl (C=O) groups excluding carboxylic acids is 3. The van der Waals surface area contributed by atoms with Gasteiger partial charge in [-0.2, -0.15) is 9.97 Å². The van der Waals surface area contributed by atoms with Crippen LogP contribution < -0.4 is 31.2 Å². The molecule has 1 atom stereocenters. The number of benzene rings is 3. The summed E-state index contributed by atoms with van der Waals surface area (Å²) in [5.74, 6) is -0.240. The third-order valence-electron chi connectivity index (χ3n) is 7.80. The molecule has 264 valence electrons. The number of amides is 1. The van der Waals surface area contributed by atoms with E-state index < -0.39 is 23.9 Å². The highest BCUT2D eigenvalue weighted by Gasteiger charge is 2.25. The number of nitrogens with zero attached hydrogens (tertiary/aromatic N) is 5. The van der Waals surface area contributed by atoms with E-state index in [0.717, 1.165) is 16.8 Å². The first kappa shape index (κ1) is 35.8. The quantitative estimate of drug-likeness (QED) is 0.134. The third-order valence-corrected chi connectivity index (χ3v) is 7.80. The second-order valence-electron chi connectivity index (χ2n) is 11.4. The Hall–Kier alpha value is -6.51. The van der Waals surface area contributed by atoms with Crippen LogP contribution in [-0.2, 0) is 38.8 Å². The number of hydrogen-bond acceptors (Lipinski definition) is 14. The molecule has 2 heterocycles. The van der Waals surface area contributed by atoms with Crippen molar-refractivity contribution in [1.82, 2.24) is 25.3 Å². The lowest BCUT2D eigenvalue weighted by atomic mass is 10.1. The van der Waals surface area contributed by atoms with Crippen LogP contribution in [0.4, 0.5) is 17.5 Å². The standard InChI is InChI=1S/C36H38N8O7/c1-44(19-25-18-39-33-31(40-25)32(37)42-36(38)43-33)26-10-8-24(9-11-26)34(46)41-29(35(47)51-21-23-6-14-28(49-3)15-7-23)16-17-30(45)50-20-22-4-12-27(48-2)13-5-22/h4-15,18,29H,16-17,19-21H2,1-3H3,(H,41,46)(H4,37,38,39,42,43)/t29-/m0/s1. The SMILES string of the molecule is COc1ccc(COC(=O)CC[C@H](NC(=O)c2ccc(N(C)Cc3cnc4nc(N)nc(N)c4n3)cc2)C(=O)OCc2ccc(OC)cc2)cc1. The molecule has 0 saturated heterocycles. The van der Waals surface area contributed by atoms with Crippen molar-refractivity contribution in [2.45, 2.75) is 38.6 Å². The van der Waals surface area contributed by atoms with Crippen molar-refractivity contribution in [2.24, 2.45) is 0 Å². The fraction of sp³-hybridized carbons (Fsp3) is 0.250. The lowest BCUT2D eigenvalue weighted by Gasteiger charge is -2.20. The van der Waals surface area contributed by atoms with Crippen LogP contribution in [-0.4, -0.2) is 65.1 Å². The van der Waals surface area contributed by atoms with E-state index in [9.17, 15) is 14.4 Å². The number of rotatable bonds is 15. The normalized spacial score (nSPS) is 11.4. The lowest BCUT2D eigenvalue weighted by molar-refractivity contribution is -0.148. The molecular weight excluding hydrogens is 656 g/mol. The number of ether oxygens (including phenoxy) is 4. The van der Waals surface area contributed by atoms with Gasteiger partial charge in [0.15, 0.2) is 17.0 Å². The Balaban J connectivity index is 1.21. The maximum atomic E-state index is 13.3. The minimum Gasteiger partial charge on any atom is -0.497 e. The van der Waals surface area contributed by atoms with Crippen LogP contribution in [0.1, 0.15) is 40.0 Å². The van der Waals surface area contributed by atoms with Crippen LogP contribution in [0.2, 0.25) is 0 Å². The summed E-state index contributed by atoms with van der Waals surface area (Å²) >= 11 is 0. The molecule has 5 rings (SSSR count). The van der Waals surface area contributed by atoms with E-state index in [-0.39, 0.29) is 37.8 Å². The zero-order valence-electron chi connectivity index (χ0n) is 28.4. The average molecular weight is 695 g/mol. The lowest BCUT2D eigenvalue weighted by Crippen LogP contribution is -2.42. The van der Waals surface area contributed by atoms with E-state index >= 15 is 0 Å². The molecule has 5 aromatic rings. The van der Waals surface area contributed by atoms with Crippen LogP contribution in [0, 0.1) is 0 Å². The molecule has 0 saturated carbocycles. The largest absolute Gasteiger partial charge is 0.497 e. The number of carbonyl (C=O) groups is 3. The molecular formula is C36H38N8O7. The topological polar surface area (TPSA) is 207 Å². The van der Waals surface area contributed by atoms with Crippen molar-refractivity contribution in [2.75, 3.05) is 37.6 Å². The smallest absolute Gasteiger partial charge is 0.328 e. The average Bonchev–Trinajstić information content (AvgIpc) is 3.15. The predicted octanol–water partition coefficient (Wildman–Crippen LogP) is 3.60. The van der Waals surface area contributed by atoms with Crippen LogP contribution >= 0.6 is 0 Å². The van der Waals surface area contributed by atoms with Gasteiger partial charge in [0.25, 0.3) is 5.91 Å². The maximum absolute atomic E-state index is 13.3. The molecule has 0 fully saturated rings. The first-order valence-corrected chi connectivity index (χ1v) is 15.9. The van der Waals surface area contributed by atoms with Gasteiger partial charge in [0.05, 0.1) is 32.7 Å². The molecule has 5 N–H and O–H groups in total.